The predicted molar refractivity (Wildman–Crippen MR) is 99.8 cm³/mol. The van der Waals surface area contributed by atoms with Crippen LogP contribution in [0.1, 0.15) is 35.1 Å². The van der Waals surface area contributed by atoms with Crippen LogP contribution < -0.4 is 0 Å². The lowest BCUT2D eigenvalue weighted by Gasteiger charge is -2.14. The fourth-order valence-corrected chi connectivity index (χ4v) is 3.32. The maximum absolute atomic E-state index is 10.6. The fourth-order valence-electron chi connectivity index (χ4n) is 2.92. The zero-order valence-electron chi connectivity index (χ0n) is 13.2. The van der Waals surface area contributed by atoms with Crippen LogP contribution >= 0.6 is 23.2 Å². The Balaban J connectivity index is 1.62. The number of hydrogen-bond acceptors (Lipinski definition) is 3. The van der Waals surface area contributed by atoms with Crippen LogP contribution in [0.4, 0.5) is 0 Å². The molecule has 1 N–H and O–H groups in total. The molecule has 4 rings (SSSR count). The number of fused-ring (bicyclic) bond motifs is 1. The van der Waals surface area contributed by atoms with Crippen LogP contribution in [0.2, 0.25) is 10.0 Å². The average Bonchev–Trinajstić information content (AvgIpc) is 3.07. The van der Waals surface area contributed by atoms with Gasteiger partial charge in [-0.05, 0) is 48.4 Å². The van der Waals surface area contributed by atoms with E-state index in [9.17, 15) is 5.11 Å². The van der Waals surface area contributed by atoms with Crippen molar-refractivity contribution in [1.82, 2.24) is 4.98 Å². The van der Waals surface area contributed by atoms with Crippen molar-refractivity contribution in [3.63, 3.8) is 0 Å². The number of aliphatic hydroxyl groups excluding tert-OH is 1. The maximum Gasteiger partial charge on any atom is 0.226 e. The molecule has 3 aromatic rings. The van der Waals surface area contributed by atoms with E-state index in [1.165, 1.54) is 0 Å². The molecule has 1 heterocycles. The summed E-state index contributed by atoms with van der Waals surface area (Å²) in [6.07, 6.45) is 5.10. The minimum Gasteiger partial charge on any atom is -0.441 e. The number of aliphatic hydroxyl groups is 1. The summed E-state index contributed by atoms with van der Waals surface area (Å²) in [5.41, 5.74) is 3.08. The van der Waals surface area contributed by atoms with Crippen molar-refractivity contribution < 1.29 is 9.52 Å². The smallest absolute Gasteiger partial charge is 0.226 e. The Morgan fingerprint density at radius 3 is 2.64 bits per heavy atom. The van der Waals surface area contributed by atoms with Crippen LogP contribution in [0.15, 0.2) is 53.0 Å². The predicted octanol–water partition coefficient (Wildman–Crippen LogP) is 5.69. The highest BCUT2D eigenvalue weighted by atomic mass is 35.5. The highest BCUT2D eigenvalue weighted by Gasteiger charge is 2.17. The van der Waals surface area contributed by atoms with E-state index >= 15 is 0 Å². The summed E-state index contributed by atoms with van der Waals surface area (Å²) >= 11 is 12.2. The third-order valence-corrected chi connectivity index (χ3v) is 4.85. The summed E-state index contributed by atoms with van der Waals surface area (Å²) in [4.78, 5) is 4.52. The third-order valence-electron chi connectivity index (χ3n) is 4.27. The molecule has 3 nitrogen and oxygen atoms in total. The quantitative estimate of drug-likeness (QED) is 0.643. The standard InChI is InChI=1S/C20H15Cl2NO2/c21-14-9-10-16(22)15(11-14)19(24)12-5-7-13(8-6-12)20-23-17-3-1-2-4-18(17)25-20/h1,3,5-11,19,24H,2,4H2. The van der Waals surface area contributed by atoms with E-state index < -0.39 is 6.10 Å². The monoisotopic (exact) mass is 371 g/mol. The molecule has 1 unspecified atom stereocenters. The molecule has 1 aliphatic rings. The molecule has 0 fully saturated rings. The summed E-state index contributed by atoms with van der Waals surface area (Å²) in [5, 5.41) is 11.6. The van der Waals surface area contributed by atoms with Crippen molar-refractivity contribution in [3.8, 4) is 11.5 Å². The number of benzene rings is 2. The fraction of sp³-hybridized carbons (Fsp3) is 0.150. The van der Waals surface area contributed by atoms with Crippen LogP contribution in [-0.4, -0.2) is 10.1 Å². The van der Waals surface area contributed by atoms with Gasteiger partial charge in [-0.25, -0.2) is 4.98 Å². The SMILES string of the molecule is OC(c1ccc(-c2nc3c(o2)CCC=C3)cc1)c1cc(Cl)ccc1Cl. The van der Waals surface area contributed by atoms with E-state index in [4.69, 9.17) is 27.6 Å². The van der Waals surface area contributed by atoms with Gasteiger partial charge in [0, 0.05) is 27.6 Å². The van der Waals surface area contributed by atoms with Crippen LogP contribution in [0.3, 0.4) is 0 Å². The van der Waals surface area contributed by atoms with Crippen molar-refractivity contribution in [2.45, 2.75) is 18.9 Å². The number of nitrogens with zero attached hydrogens (tertiary/aromatic N) is 1. The van der Waals surface area contributed by atoms with Gasteiger partial charge >= 0.3 is 0 Å². The Kier molecular flexibility index (Phi) is 4.38. The first-order valence-corrected chi connectivity index (χ1v) is 8.77. The van der Waals surface area contributed by atoms with Crippen LogP contribution in [0.25, 0.3) is 17.5 Å². The molecule has 0 saturated heterocycles. The highest BCUT2D eigenvalue weighted by Crippen LogP contribution is 2.32. The minimum atomic E-state index is -0.846. The van der Waals surface area contributed by atoms with Gasteiger partial charge in [0.25, 0.3) is 0 Å². The number of hydrogen-bond donors (Lipinski definition) is 1. The van der Waals surface area contributed by atoms with Gasteiger partial charge in [0.1, 0.15) is 17.6 Å². The largest absolute Gasteiger partial charge is 0.441 e. The van der Waals surface area contributed by atoms with Crippen molar-refractivity contribution in [1.29, 1.82) is 0 Å². The maximum atomic E-state index is 10.6. The number of oxazole rings is 1. The molecule has 126 valence electrons. The van der Waals surface area contributed by atoms with Gasteiger partial charge in [0.15, 0.2) is 0 Å². The van der Waals surface area contributed by atoms with Crippen molar-refractivity contribution in [3.05, 3.63) is 81.2 Å². The average molecular weight is 372 g/mol. The minimum absolute atomic E-state index is 0.480. The molecule has 0 spiro atoms. The zero-order chi connectivity index (χ0) is 17.4. The second kappa shape index (κ2) is 6.68. The first-order valence-electron chi connectivity index (χ1n) is 8.01. The lowest BCUT2D eigenvalue weighted by Crippen LogP contribution is -2.00. The number of allylic oxidation sites excluding steroid dienone is 1. The van der Waals surface area contributed by atoms with Gasteiger partial charge in [0.05, 0.1) is 0 Å². The Morgan fingerprint density at radius 2 is 1.88 bits per heavy atom. The van der Waals surface area contributed by atoms with E-state index in [-0.39, 0.29) is 0 Å². The van der Waals surface area contributed by atoms with Crippen LogP contribution in [0, 0.1) is 0 Å². The molecule has 25 heavy (non-hydrogen) atoms. The summed E-state index contributed by atoms with van der Waals surface area (Å²) in [7, 11) is 0. The van der Waals surface area contributed by atoms with E-state index in [0.29, 0.717) is 21.5 Å². The van der Waals surface area contributed by atoms with Crippen molar-refractivity contribution in [2.75, 3.05) is 0 Å². The molecule has 2 aromatic carbocycles. The summed E-state index contributed by atoms with van der Waals surface area (Å²) in [6, 6.07) is 12.5. The Bertz CT molecular complexity index is 945. The van der Waals surface area contributed by atoms with Gasteiger partial charge < -0.3 is 9.52 Å². The van der Waals surface area contributed by atoms with Crippen molar-refractivity contribution >= 4 is 29.3 Å². The van der Waals surface area contributed by atoms with Gasteiger partial charge in [-0.1, -0.05) is 41.4 Å². The van der Waals surface area contributed by atoms with Gasteiger partial charge in [0.2, 0.25) is 5.89 Å². The molecule has 0 saturated carbocycles. The Hall–Kier alpha value is -2.07. The molecule has 0 radical (unpaired) electrons. The Labute approximate surface area is 155 Å². The number of aryl methyl sites for hydroxylation is 1. The summed E-state index contributed by atoms with van der Waals surface area (Å²) < 4.78 is 5.85. The number of halogens is 2. The summed E-state index contributed by atoms with van der Waals surface area (Å²) in [6.45, 7) is 0. The molecule has 1 aliphatic carbocycles. The summed E-state index contributed by atoms with van der Waals surface area (Å²) in [5.74, 6) is 1.52. The van der Waals surface area contributed by atoms with E-state index in [0.717, 1.165) is 35.4 Å². The first-order chi connectivity index (χ1) is 12.1. The first kappa shape index (κ1) is 16.4. The topological polar surface area (TPSA) is 46.3 Å². The van der Waals surface area contributed by atoms with Crippen LogP contribution in [-0.2, 0) is 6.42 Å². The second-order valence-electron chi connectivity index (χ2n) is 5.96. The molecule has 5 heteroatoms. The zero-order valence-corrected chi connectivity index (χ0v) is 14.8. The highest BCUT2D eigenvalue weighted by molar-refractivity contribution is 6.33. The van der Waals surface area contributed by atoms with Gasteiger partial charge in [-0.2, -0.15) is 0 Å². The molecule has 1 aromatic heterocycles. The third kappa shape index (κ3) is 3.23. The lowest BCUT2D eigenvalue weighted by atomic mass is 10.0. The number of rotatable bonds is 3. The van der Waals surface area contributed by atoms with E-state index in [2.05, 4.69) is 11.1 Å². The van der Waals surface area contributed by atoms with Gasteiger partial charge in [-0.15, -0.1) is 0 Å². The van der Waals surface area contributed by atoms with E-state index in [1.807, 2.05) is 30.3 Å². The second-order valence-corrected chi connectivity index (χ2v) is 6.80. The molecular weight excluding hydrogens is 357 g/mol. The van der Waals surface area contributed by atoms with Crippen molar-refractivity contribution in [2.24, 2.45) is 0 Å². The normalized spacial score (nSPS) is 14.4. The molecule has 0 amide bonds. The number of aromatic nitrogens is 1. The van der Waals surface area contributed by atoms with Gasteiger partial charge in [-0.3, -0.25) is 0 Å². The molecule has 0 bridgehead atoms. The molecule has 1 atom stereocenters. The molecule has 0 aliphatic heterocycles. The lowest BCUT2D eigenvalue weighted by molar-refractivity contribution is 0.220. The van der Waals surface area contributed by atoms with Crippen LogP contribution in [0.5, 0.6) is 0 Å². The Morgan fingerprint density at radius 1 is 1.08 bits per heavy atom. The molecular formula is C20H15Cl2NO2. The van der Waals surface area contributed by atoms with E-state index in [1.54, 1.807) is 18.2 Å².